The topological polar surface area (TPSA) is 95.3 Å². The fourth-order valence-corrected chi connectivity index (χ4v) is 3.79. The number of hydrogen-bond acceptors (Lipinski definition) is 7. The number of nitrogens with zero attached hydrogens (tertiary/aromatic N) is 3. The Labute approximate surface area is 195 Å². The van der Waals surface area contributed by atoms with Crippen molar-refractivity contribution in [1.82, 2.24) is 20.1 Å². The van der Waals surface area contributed by atoms with E-state index < -0.39 is 0 Å². The number of carbonyl (C=O) groups excluding carboxylic acids is 2. The molecule has 0 aliphatic carbocycles. The summed E-state index contributed by atoms with van der Waals surface area (Å²) in [4.78, 5) is 23.4. The first kappa shape index (κ1) is 23.6. The van der Waals surface area contributed by atoms with E-state index in [4.69, 9.17) is 16.3 Å². The fourth-order valence-electron chi connectivity index (χ4n) is 2.88. The molecular weight excluding hydrogens is 452 g/mol. The molecule has 2 aromatic carbocycles. The standard InChI is InChI=1S/C22H23ClN4O4S/c1-30-18-6-3-5-15(13-18)21-25-26-22(27(21)17-10-8-16(23)9-11-17)32-14-19(28)24-12-4-7-20(29)31-2/h3,5-6,8-11,13H,4,7,12,14H2,1-2H3,(H,24,28). The van der Waals surface area contributed by atoms with Crippen LogP contribution in [-0.4, -0.2) is 53.2 Å². The number of benzene rings is 2. The van der Waals surface area contributed by atoms with E-state index in [1.165, 1.54) is 18.9 Å². The van der Waals surface area contributed by atoms with Crippen LogP contribution < -0.4 is 10.1 Å². The zero-order chi connectivity index (χ0) is 22.9. The van der Waals surface area contributed by atoms with E-state index >= 15 is 0 Å². The molecule has 3 aromatic rings. The second-order valence-electron chi connectivity index (χ2n) is 6.67. The zero-order valence-corrected chi connectivity index (χ0v) is 19.3. The van der Waals surface area contributed by atoms with Gasteiger partial charge < -0.3 is 14.8 Å². The summed E-state index contributed by atoms with van der Waals surface area (Å²) in [6.45, 7) is 0.396. The number of hydrogen-bond donors (Lipinski definition) is 1. The lowest BCUT2D eigenvalue weighted by Crippen LogP contribution is -2.26. The van der Waals surface area contributed by atoms with Crippen LogP contribution in [0.25, 0.3) is 17.1 Å². The third kappa shape index (κ3) is 6.24. The van der Waals surface area contributed by atoms with Crippen molar-refractivity contribution in [3.8, 4) is 22.8 Å². The summed E-state index contributed by atoms with van der Waals surface area (Å²) in [5.74, 6) is 1.02. The number of halogens is 1. The normalized spacial score (nSPS) is 10.6. The van der Waals surface area contributed by atoms with Gasteiger partial charge in [0, 0.05) is 29.2 Å². The second kappa shape index (κ2) is 11.5. The van der Waals surface area contributed by atoms with Crippen LogP contribution in [-0.2, 0) is 14.3 Å². The molecule has 0 aliphatic rings. The summed E-state index contributed by atoms with van der Waals surface area (Å²) in [6.07, 6.45) is 0.780. The van der Waals surface area contributed by atoms with Crippen LogP contribution in [0.4, 0.5) is 0 Å². The van der Waals surface area contributed by atoms with Crippen molar-refractivity contribution in [1.29, 1.82) is 0 Å². The highest BCUT2D eigenvalue weighted by Crippen LogP contribution is 2.30. The smallest absolute Gasteiger partial charge is 0.305 e. The summed E-state index contributed by atoms with van der Waals surface area (Å²) >= 11 is 7.33. The molecule has 0 atom stereocenters. The molecule has 0 saturated heterocycles. The first-order valence-electron chi connectivity index (χ1n) is 9.84. The van der Waals surface area contributed by atoms with Gasteiger partial charge in [0.1, 0.15) is 5.75 Å². The number of rotatable bonds is 10. The Balaban J connectivity index is 1.77. The molecule has 1 heterocycles. The summed E-state index contributed by atoms with van der Waals surface area (Å²) < 4.78 is 11.8. The highest BCUT2D eigenvalue weighted by atomic mass is 35.5. The van der Waals surface area contributed by atoms with Crippen LogP contribution in [0.2, 0.25) is 5.02 Å². The average Bonchev–Trinajstić information content (AvgIpc) is 3.24. The largest absolute Gasteiger partial charge is 0.497 e. The molecule has 1 N–H and O–H groups in total. The predicted octanol–water partition coefficient (Wildman–Crippen LogP) is 3.76. The van der Waals surface area contributed by atoms with Gasteiger partial charge in [0.2, 0.25) is 5.91 Å². The number of aromatic nitrogens is 3. The number of thioether (sulfide) groups is 1. The minimum atomic E-state index is -0.297. The maximum atomic E-state index is 12.2. The van der Waals surface area contributed by atoms with Crippen molar-refractivity contribution >= 4 is 35.2 Å². The summed E-state index contributed by atoms with van der Waals surface area (Å²) in [5.41, 5.74) is 1.64. The molecule has 1 aromatic heterocycles. The fraction of sp³-hybridized carbons (Fsp3) is 0.273. The molecule has 8 nitrogen and oxygen atoms in total. The molecule has 1 amide bonds. The molecular formula is C22H23ClN4O4S. The Morgan fingerprint density at radius 2 is 1.91 bits per heavy atom. The molecule has 0 aliphatic heterocycles. The van der Waals surface area contributed by atoms with Gasteiger partial charge in [-0.1, -0.05) is 35.5 Å². The Morgan fingerprint density at radius 3 is 2.62 bits per heavy atom. The van der Waals surface area contributed by atoms with Crippen LogP contribution >= 0.6 is 23.4 Å². The van der Waals surface area contributed by atoms with Gasteiger partial charge in [-0.05, 0) is 42.8 Å². The first-order valence-corrected chi connectivity index (χ1v) is 11.2. The van der Waals surface area contributed by atoms with Gasteiger partial charge >= 0.3 is 5.97 Å². The van der Waals surface area contributed by atoms with Crippen molar-refractivity contribution in [3.63, 3.8) is 0 Å². The lowest BCUT2D eigenvalue weighted by atomic mass is 10.2. The van der Waals surface area contributed by atoms with Crippen molar-refractivity contribution in [2.75, 3.05) is 26.5 Å². The lowest BCUT2D eigenvalue weighted by molar-refractivity contribution is -0.140. The van der Waals surface area contributed by atoms with E-state index in [-0.39, 0.29) is 24.1 Å². The van der Waals surface area contributed by atoms with Crippen molar-refractivity contribution < 1.29 is 19.1 Å². The van der Waals surface area contributed by atoms with Crippen LogP contribution in [0, 0.1) is 0 Å². The van der Waals surface area contributed by atoms with Crippen molar-refractivity contribution in [3.05, 3.63) is 53.6 Å². The summed E-state index contributed by atoms with van der Waals surface area (Å²) in [5, 5.41) is 12.6. The molecule has 0 radical (unpaired) electrons. The molecule has 32 heavy (non-hydrogen) atoms. The highest BCUT2D eigenvalue weighted by Gasteiger charge is 2.18. The van der Waals surface area contributed by atoms with Crippen LogP contribution in [0.3, 0.4) is 0 Å². The quantitative estimate of drug-likeness (QED) is 0.271. The summed E-state index contributed by atoms with van der Waals surface area (Å²) in [7, 11) is 2.95. The van der Waals surface area contributed by atoms with Gasteiger partial charge in [0.25, 0.3) is 0 Å². The molecule has 10 heteroatoms. The number of esters is 1. The number of carbonyl (C=O) groups is 2. The van der Waals surface area contributed by atoms with Crippen LogP contribution in [0.5, 0.6) is 5.75 Å². The molecule has 3 rings (SSSR count). The third-order valence-electron chi connectivity index (χ3n) is 4.49. The van der Waals surface area contributed by atoms with Gasteiger partial charge in [0.15, 0.2) is 11.0 Å². The molecule has 0 fully saturated rings. The maximum absolute atomic E-state index is 12.2. The van der Waals surface area contributed by atoms with Gasteiger partial charge in [-0.3, -0.25) is 14.2 Å². The van der Waals surface area contributed by atoms with E-state index in [0.717, 1.165) is 11.3 Å². The van der Waals surface area contributed by atoms with Crippen LogP contribution in [0.15, 0.2) is 53.7 Å². The SMILES string of the molecule is COC(=O)CCCNC(=O)CSc1nnc(-c2cccc(OC)c2)n1-c1ccc(Cl)cc1. The molecule has 168 valence electrons. The van der Waals surface area contributed by atoms with Crippen molar-refractivity contribution in [2.45, 2.75) is 18.0 Å². The van der Waals surface area contributed by atoms with Gasteiger partial charge in [-0.25, -0.2) is 0 Å². The lowest BCUT2D eigenvalue weighted by Gasteiger charge is -2.11. The molecule has 0 bridgehead atoms. The van der Waals surface area contributed by atoms with E-state index in [2.05, 4.69) is 20.3 Å². The zero-order valence-electron chi connectivity index (χ0n) is 17.7. The molecule has 0 saturated carbocycles. The van der Waals surface area contributed by atoms with E-state index in [9.17, 15) is 9.59 Å². The van der Waals surface area contributed by atoms with E-state index in [1.54, 1.807) is 19.2 Å². The minimum Gasteiger partial charge on any atom is -0.497 e. The van der Waals surface area contributed by atoms with Gasteiger partial charge in [-0.15, -0.1) is 10.2 Å². The van der Waals surface area contributed by atoms with Gasteiger partial charge in [0.05, 0.1) is 20.0 Å². The first-order chi connectivity index (χ1) is 15.5. The number of methoxy groups -OCH3 is 2. The minimum absolute atomic E-state index is 0.155. The van der Waals surface area contributed by atoms with Crippen LogP contribution in [0.1, 0.15) is 12.8 Å². The Bertz CT molecular complexity index is 1070. The van der Waals surface area contributed by atoms with E-state index in [0.29, 0.717) is 34.7 Å². The van der Waals surface area contributed by atoms with Gasteiger partial charge in [-0.2, -0.15) is 0 Å². The Morgan fingerprint density at radius 1 is 1.12 bits per heavy atom. The maximum Gasteiger partial charge on any atom is 0.305 e. The average molecular weight is 475 g/mol. The molecule has 0 spiro atoms. The molecule has 0 unspecified atom stereocenters. The number of nitrogens with one attached hydrogen (secondary N) is 1. The number of ether oxygens (including phenoxy) is 2. The highest BCUT2D eigenvalue weighted by molar-refractivity contribution is 7.99. The van der Waals surface area contributed by atoms with Crippen molar-refractivity contribution in [2.24, 2.45) is 0 Å². The Hall–Kier alpha value is -3.04. The monoisotopic (exact) mass is 474 g/mol. The number of amides is 1. The second-order valence-corrected chi connectivity index (χ2v) is 8.05. The third-order valence-corrected chi connectivity index (χ3v) is 5.67. The summed E-state index contributed by atoms with van der Waals surface area (Å²) in [6, 6.07) is 14.8. The Kier molecular flexibility index (Phi) is 8.52. The van der Waals surface area contributed by atoms with E-state index in [1.807, 2.05) is 41.0 Å². The predicted molar refractivity (Wildman–Crippen MR) is 123 cm³/mol.